The lowest BCUT2D eigenvalue weighted by molar-refractivity contribution is 0.0982. The van der Waals surface area contributed by atoms with Crippen LogP contribution in [0.4, 0.5) is 0 Å². The van der Waals surface area contributed by atoms with Gasteiger partial charge in [-0.1, -0.05) is 30.7 Å². The molecule has 0 saturated carbocycles. The second-order valence-corrected chi connectivity index (χ2v) is 8.94. The highest BCUT2D eigenvalue weighted by Gasteiger charge is 2.27. The van der Waals surface area contributed by atoms with Gasteiger partial charge in [-0.05, 0) is 76.8 Å². The Morgan fingerprint density at radius 1 is 0.897 bits per heavy atom. The van der Waals surface area contributed by atoms with Gasteiger partial charge < -0.3 is 10.6 Å². The van der Waals surface area contributed by atoms with E-state index in [2.05, 4.69) is 63.5 Å². The molecule has 0 amide bonds. The van der Waals surface area contributed by atoms with Gasteiger partial charge in [0.05, 0.1) is 0 Å². The van der Waals surface area contributed by atoms with Crippen LogP contribution >= 0.6 is 24.0 Å². The number of hydrogen-bond acceptors (Lipinski definition) is 3. The van der Waals surface area contributed by atoms with Gasteiger partial charge >= 0.3 is 0 Å². The molecule has 2 saturated heterocycles. The molecule has 1 aromatic carbocycles. The molecule has 0 spiro atoms. The summed E-state index contributed by atoms with van der Waals surface area (Å²) in [6, 6.07) is 9.02. The molecule has 0 bridgehead atoms. The molecule has 0 aliphatic carbocycles. The van der Waals surface area contributed by atoms with Gasteiger partial charge in [0, 0.05) is 32.2 Å². The summed E-state index contributed by atoms with van der Waals surface area (Å²) in [7, 11) is 1.85. The predicted octanol–water partition coefficient (Wildman–Crippen LogP) is 3.83. The molecule has 2 aliphatic rings. The van der Waals surface area contributed by atoms with Gasteiger partial charge in [0.15, 0.2) is 5.96 Å². The first-order valence-electron chi connectivity index (χ1n) is 11.1. The second kappa shape index (κ2) is 12.1. The summed E-state index contributed by atoms with van der Waals surface area (Å²) in [6.07, 6.45) is 6.72. The highest BCUT2D eigenvalue weighted by Crippen LogP contribution is 2.19. The van der Waals surface area contributed by atoms with Crippen LogP contribution in [-0.2, 0) is 13.1 Å². The van der Waals surface area contributed by atoms with E-state index in [4.69, 9.17) is 0 Å². The third kappa shape index (κ3) is 7.72. The Morgan fingerprint density at radius 2 is 1.48 bits per heavy atom. The lowest BCUT2D eigenvalue weighted by atomic mass is 9.98. The molecule has 0 aromatic heterocycles. The molecule has 3 rings (SSSR count). The van der Waals surface area contributed by atoms with E-state index in [1.54, 1.807) is 0 Å². The van der Waals surface area contributed by atoms with Crippen molar-refractivity contribution in [3.05, 3.63) is 35.4 Å². The smallest absolute Gasteiger partial charge is 0.191 e. The monoisotopic (exact) mass is 513 g/mol. The van der Waals surface area contributed by atoms with Crippen LogP contribution < -0.4 is 10.6 Å². The number of benzene rings is 1. The summed E-state index contributed by atoms with van der Waals surface area (Å²) in [5.41, 5.74) is 2.86. The molecule has 5 nitrogen and oxygen atoms in total. The number of likely N-dealkylation sites (tertiary alicyclic amines) is 2. The van der Waals surface area contributed by atoms with E-state index in [0.29, 0.717) is 0 Å². The minimum absolute atomic E-state index is 0. The molecule has 0 radical (unpaired) electrons. The van der Waals surface area contributed by atoms with Crippen molar-refractivity contribution >= 4 is 29.9 Å². The first kappa shape index (κ1) is 24.4. The van der Waals surface area contributed by atoms with Crippen LogP contribution in [-0.4, -0.2) is 61.1 Å². The summed E-state index contributed by atoms with van der Waals surface area (Å²) in [5.74, 6) is 0.881. The maximum absolute atomic E-state index is 4.41. The molecule has 0 atom stereocenters. The highest BCUT2D eigenvalue weighted by molar-refractivity contribution is 14.0. The van der Waals surface area contributed by atoms with Crippen molar-refractivity contribution in [3.63, 3.8) is 0 Å². The number of guanidine groups is 1. The van der Waals surface area contributed by atoms with E-state index < -0.39 is 0 Å². The average Bonchev–Trinajstić information content (AvgIpc) is 3.23. The number of rotatable bonds is 7. The Bertz CT molecular complexity index is 617. The van der Waals surface area contributed by atoms with Gasteiger partial charge in [0.25, 0.3) is 0 Å². The van der Waals surface area contributed by atoms with Crippen LogP contribution in [0.25, 0.3) is 0 Å². The maximum atomic E-state index is 4.41. The van der Waals surface area contributed by atoms with Crippen LogP contribution in [0, 0.1) is 0 Å². The number of halogens is 1. The van der Waals surface area contributed by atoms with Crippen molar-refractivity contribution < 1.29 is 0 Å². The van der Waals surface area contributed by atoms with E-state index in [1.807, 2.05) is 7.05 Å². The number of nitrogens with one attached hydrogen (secondary N) is 2. The Hall–Kier alpha value is -0.860. The average molecular weight is 514 g/mol. The second-order valence-electron chi connectivity index (χ2n) is 8.94. The molecule has 29 heavy (non-hydrogen) atoms. The van der Waals surface area contributed by atoms with Crippen LogP contribution in [0.15, 0.2) is 29.3 Å². The zero-order valence-electron chi connectivity index (χ0n) is 18.5. The molecule has 2 fully saturated rings. The number of piperidine rings is 1. The normalized spacial score (nSPS) is 19.1. The van der Waals surface area contributed by atoms with Gasteiger partial charge in [-0.25, -0.2) is 0 Å². The number of aliphatic imine (C=N–C) groups is 1. The van der Waals surface area contributed by atoms with Gasteiger partial charge in [0.1, 0.15) is 0 Å². The van der Waals surface area contributed by atoms with E-state index in [0.717, 1.165) is 25.6 Å². The Labute approximate surface area is 194 Å². The SMILES string of the molecule is CN=C(NCc1ccc(CN2CCCC2)cc1)NCC(C)(C)N1CCCCC1.I. The fraction of sp³-hybridized carbons (Fsp3) is 0.696. The molecule has 164 valence electrons. The van der Waals surface area contributed by atoms with E-state index in [-0.39, 0.29) is 29.5 Å². The standard InChI is InChI=1S/C23H39N5.HI/c1-23(2,28-15-5-4-6-16-28)19-26-22(24-3)25-17-20-9-11-21(12-10-20)18-27-13-7-8-14-27;/h9-12H,4-8,13-19H2,1-3H3,(H2,24,25,26);1H. The van der Waals surface area contributed by atoms with Gasteiger partial charge in [-0.2, -0.15) is 0 Å². The van der Waals surface area contributed by atoms with Gasteiger partial charge in [-0.3, -0.25) is 14.8 Å². The Balaban J connectivity index is 0.00000300. The molecular weight excluding hydrogens is 473 g/mol. The van der Waals surface area contributed by atoms with Crippen molar-refractivity contribution in [2.24, 2.45) is 4.99 Å². The number of hydrogen-bond donors (Lipinski definition) is 2. The van der Waals surface area contributed by atoms with Crippen LogP contribution in [0.5, 0.6) is 0 Å². The van der Waals surface area contributed by atoms with E-state index >= 15 is 0 Å². The van der Waals surface area contributed by atoms with Gasteiger partial charge in [0.2, 0.25) is 0 Å². The first-order valence-corrected chi connectivity index (χ1v) is 11.1. The fourth-order valence-electron chi connectivity index (χ4n) is 4.28. The molecule has 0 unspecified atom stereocenters. The zero-order valence-corrected chi connectivity index (χ0v) is 20.9. The third-order valence-electron chi connectivity index (χ3n) is 6.21. The van der Waals surface area contributed by atoms with Crippen molar-refractivity contribution in [1.29, 1.82) is 0 Å². The van der Waals surface area contributed by atoms with Crippen LogP contribution in [0.1, 0.15) is 57.1 Å². The molecule has 2 aliphatic heterocycles. The minimum atomic E-state index is 0. The van der Waals surface area contributed by atoms with Crippen molar-refractivity contribution in [1.82, 2.24) is 20.4 Å². The molecule has 6 heteroatoms. The highest BCUT2D eigenvalue weighted by atomic mass is 127. The third-order valence-corrected chi connectivity index (χ3v) is 6.21. The topological polar surface area (TPSA) is 42.9 Å². The fourth-order valence-corrected chi connectivity index (χ4v) is 4.28. The van der Waals surface area contributed by atoms with Crippen molar-refractivity contribution in [2.45, 2.75) is 64.6 Å². The van der Waals surface area contributed by atoms with Crippen molar-refractivity contribution in [3.8, 4) is 0 Å². The van der Waals surface area contributed by atoms with Crippen LogP contribution in [0.2, 0.25) is 0 Å². The molecular formula is C23H40IN5. The molecule has 1 aromatic rings. The predicted molar refractivity (Wildman–Crippen MR) is 134 cm³/mol. The zero-order chi connectivity index (χ0) is 19.8. The molecule has 2 heterocycles. The van der Waals surface area contributed by atoms with E-state index in [1.165, 1.54) is 69.4 Å². The van der Waals surface area contributed by atoms with Gasteiger partial charge in [-0.15, -0.1) is 24.0 Å². The number of nitrogens with zero attached hydrogens (tertiary/aromatic N) is 3. The minimum Gasteiger partial charge on any atom is -0.355 e. The Kier molecular flexibility index (Phi) is 10.2. The lowest BCUT2D eigenvalue weighted by Crippen LogP contribution is -2.54. The first-order chi connectivity index (χ1) is 13.6. The quantitative estimate of drug-likeness (QED) is 0.331. The summed E-state index contributed by atoms with van der Waals surface area (Å²) in [4.78, 5) is 9.56. The summed E-state index contributed by atoms with van der Waals surface area (Å²) < 4.78 is 0. The van der Waals surface area contributed by atoms with E-state index in [9.17, 15) is 0 Å². The van der Waals surface area contributed by atoms with Crippen LogP contribution in [0.3, 0.4) is 0 Å². The lowest BCUT2D eigenvalue weighted by Gasteiger charge is -2.41. The Morgan fingerprint density at radius 3 is 2.10 bits per heavy atom. The summed E-state index contributed by atoms with van der Waals surface area (Å²) in [5, 5.41) is 6.99. The summed E-state index contributed by atoms with van der Waals surface area (Å²) >= 11 is 0. The molecule has 2 N–H and O–H groups in total. The summed E-state index contributed by atoms with van der Waals surface area (Å²) in [6.45, 7) is 12.4. The largest absolute Gasteiger partial charge is 0.355 e. The maximum Gasteiger partial charge on any atom is 0.191 e. The van der Waals surface area contributed by atoms with Crippen molar-refractivity contribution in [2.75, 3.05) is 39.8 Å².